The van der Waals surface area contributed by atoms with Crippen LogP contribution in [0.3, 0.4) is 0 Å². The molecule has 2 heterocycles. The topological polar surface area (TPSA) is 63.5 Å². The van der Waals surface area contributed by atoms with Gasteiger partial charge in [-0.1, -0.05) is 6.07 Å². The van der Waals surface area contributed by atoms with Crippen molar-refractivity contribution in [3.8, 4) is 0 Å². The largest absolute Gasteiger partial charge is 0.394 e. The summed E-state index contributed by atoms with van der Waals surface area (Å²) in [5.74, 6) is 0.905. The summed E-state index contributed by atoms with van der Waals surface area (Å²) in [5.41, 5.74) is 8.77. The van der Waals surface area contributed by atoms with Crippen molar-refractivity contribution in [2.75, 3.05) is 6.61 Å². The lowest BCUT2D eigenvalue weighted by atomic mass is 10.2. The highest BCUT2D eigenvalue weighted by molar-refractivity contribution is 5.54. The maximum Gasteiger partial charge on any atom is 0.110 e. The zero-order valence-corrected chi connectivity index (χ0v) is 8.94. The smallest absolute Gasteiger partial charge is 0.110 e. The predicted octanol–water partition coefficient (Wildman–Crippen LogP) is 0.943. The van der Waals surface area contributed by atoms with Crippen molar-refractivity contribution in [3.05, 3.63) is 35.4 Å². The number of rotatable bonds is 2. The van der Waals surface area contributed by atoms with Gasteiger partial charge in [0, 0.05) is 5.69 Å². The Morgan fingerprint density at radius 2 is 2.20 bits per heavy atom. The highest BCUT2D eigenvalue weighted by Gasteiger charge is 2.12. The van der Waals surface area contributed by atoms with Crippen LogP contribution in [-0.2, 0) is 0 Å². The summed E-state index contributed by atoms with van der Waals surface area (Å²) in [6.07, 6.45) is 0. The van der Waals surface area contributed by atoms with Gasteiger partial charge >= 0.3 is 0 Å². The van der Waals surface area contributed by atoms with Crippen molar-refractivity contribution in [2.45, 2.75) is 19.9 Å². The highest BCUT2D eigenvalue weighted by Crippen LogP contribution is 2.18. The predicted molar refractivity (Wildman–Crippen MR) is 58.7 cm³/mol. The lowest BCUT2D eigenvalue weighted by Crippen LogP contribution is -2.18. The van der Waals surface area contributed by atoms with E-state index in [-0.39, 0.29) is 12.6 Å². The van der Waals surface area contributed by atoms with Gasteiger partial charge in [0.1, 0.15) is 5.82 Å². The Morgan fingerprint density at radius 1 is 1.47 bits per heavy atom. The fourth-order valence-corrected chi connectivity index (χ4v) is 1.90. The van der Waals surface area contributed by atoms with Gasteiger partial charge in [-0.05, 0) is 26.0 Å². The molecule has 1 unspecified atom stereocenters. The molecule has 0 saturated carbocycles. The van der Waals surface area contributed by atoms with E-state index in [4.69, 9.17) is 10.8 Å². The average molecular weight is 205 g/mol. The number of aliphatic hydroxyl groups is 1. The average Bonchev–Trinajstić information content (AvgIpc) is 2.54. The Labute approximate surface area is 88.4 Å². The number of fused-ring (bicyclic) bond motifs is 1. The van der Waals surface area contributed by atoms with Crippen LogP contribution in [0.5, 0.6) is 0 Å². The molecule has 0 aromatic carbocycles. The number of aliphatic hydroxyl groups excluding tert-OH is 1. The Kier molecular flexibility index (Phi) is 2.46. The van der Waals surface area contributed by atoms with E-state index in [0.29, 0.717) is 0 Å². The monoisotopic (exact) mass is 205 g/mol. The second-order valence-electron chi connectivity index (χ2n) is 3.70. The molecule has 2 aromatic heterocycles. The van der Waals surface area contributed by atoms with Gasteiger partial charge in [0.15, 0.2) is 0 Å². The van der Waals surface area contributed by atoms with E-state index < -0.39 is 0 Å². The van der Waals surface area contributed by atoms with Crippen molar-refractivity contribution in [2.24, 2.45) is 5.73 Å². The van der Waals surface area contributed by atoms with Crippen LogP contribution in [-0.4, -0.2) is 21.1 Å². The standard InChI is InChI=1S/C11H15N3O/c1-7-10-4-3-5-11(9(12)6-15)14(10)8(2)13-7/h3-5,9,15H,6,12H2,1-2H3. The number of hydrogen-bond donors (Lipinski definition) is 2. The van der Waals surface area contributed by atoms with Gasteiger partial charge in [-0.3, -0.25) is 4.40 Å². The highest BCUT2D eigenvalue weighted by atomic mass is 16.3. The lowest BCUT2D eigenvalue weighted by Gasteiger charge is -2.12. The molecule has 0 amide bonds. The van der Waals surface area contributed by atoms with Gasteiger partial charge in [0.05, 0.1) is 23.9 Å². The summed E-state index contributed by atoms with van der Waals surface area (Å²) >= 11 is 0. The number of nitrogens with two attached hydrogens (primary N) is 1. The fraction of sp³-hybridized carbons (Fsp3) is 0.364. The number of pyridine rings is 1. The molecular weight excluding hydrogens is 190 g/mol. The molecule has 1 atom stereocenters. The molecule has 15 heavy (non-hydrogen) atoms. The van der Waals surface area contributed by atoms with Crippen LogP contribution in [0.4, 0.5) is 0 Å². The summed E-state index contributed by atoms with van der Waals surface area (Å²) in [6, 6.07) is 5.50. The van der Waals surface area contributed by atoms with Crippen LogP contribution >= 0.6 is 0 Å². The van der Waals surface area contributed by atoms with Crippen molar-refractivity contribution >= 4 is 5.52 Å². The molecule has 80 valence electrons. The van der Waals surface area contributed by atoms with Crippen LogP contribution in [0.25, 0.3) is 5.52 Å². The lowest BCUT2D eigenvalue weighted by molar-refractivity contribution is 0.265. The van der Waals surface area contributed by atoms with E-state index >= 15 is 0 Å². The minimum atomic E-state index is -0.360. The number of aromatic nitrogens is 2. The van der Waals surface area contributed by atoms with Crippen LogP contribution in [0, 0.1) is 13.8 Å². The van der Waals surface area contributed by atoms with Crippen LogP contribution in [0.15, 0.2) is 18.2 Å². The van der Waals surface area contributed by atoms with E-state index in [1.807, 2.05) is 36.4 Å². The third-order valence-corrected chi connectivity index (χ3v) is 2.62. The SMILES string of the molecule is Cc1nc(C)n2c(C(N)CO)cccc12. The van der Waals surface area contributed by atoms with Gasteiger partial charge in [-0.25, -0.2) is 4.98 Å². The van der Waals surface area contributed by atoms with Crippen LogP contribution in [0.2, 0.25) is 0 Å². The molecule has 4 heteroatoms. The summed E-state index contributed by atoms with van der Waals surface area (Å²) in [5, 5.41) is 9.09. The summed E-state index contributed by atoms with van der Waals surface area (Å²) in [7, 11) is 0. The number of imidazole rings is 1. The van der Waals surface area contributed by atoms with E-state index in [1.165, 1.54) is 0 Å². The molecular formula is C11H15N3O. The van der Waals surface area contributed by atoms with Gasteiger partial charge in [0.25, 0.3) is 0 Å². The second kappa shape index (κ2) is 3.64. The van der Waals surface area contributed by atoms with Crippen molar-refractivity contribution in [1.29, 1.82) is 0 Å². The van der Waals surface area contributed by atoms with E-state index in [0.717, 1.165) is 22.7 Å². The van der Waals surface area contributed by atoms with Gasteiger partial charge in [-0.15, -0.1) is 0 Å². The van der Waals surface area contributed by atoms with E-state index in [2.05, 4.69) is 4.98 Å². The molecule has 0 aliphatic carbocycles. The van der Waals surface area contributed by atoms with E-state index in [9.17, 15) is 0 Å². The first-order chi connectivity index (χ1) is 7.15. The van der Waals surface area contributed by atoms with Gasteiger partial charge < -0.3 is 10.8 Å². The van der Waals surface area contributed by atoms with Gasteiger partial charge in [-0.2, -0.15) is 0 Å². The first-order valence-corrected chi connectivity index (χ1v) is 4.96. The Balaban J connectivity index is 2.75. The molecule has 0 aliphatic rings. The zero-order chi connectivity index (χ0) is 11.0. The van der Waals surface area contributed by atoms with Crippen molar-refractivity contribution in [3.63, 3.8) is 0 Å². The molecule has 0 aliphatic heterocycles. The zero-order valence-electron chi connectivity index (χ0n) is 8.94. The van der Waals surface area contributed by atoms with E-state index in [1.54, 1.807) is 0 Å². The minimum Gasteiger partial charge on any atom is -0.394 e. The first-order valence-electron chi connectivity index (χ1n) is 4.96. The Hall–Kier alpha value is -1.39. The maximum atomic E-state index is 9.09. The molecule has 3 N–H and O–H groups in total. The summed E-state index contributed by atoms with van der Waals surface area (Å²) < 4.78 is 2.00. The number of nitrogens with zero attached hydrogens (tertiary/aromatic N) is 2. The van der Waals surface area contributed by atoms with Gasteiger partial charge in [0.2, 0.25) is 0 Å². The van der Waals surface area contributed by atoms with Crippen molar-refractivity contribution < 1.29 is 5.11 Å². The fourth-order valence-electron chi connectivity index (χ4n) is 1.90. The molecule has 0 radical (unpaired) electrons. The minimum absolute atomic E-state index is 0.0597. The summed E-state index contributed by atoms with van der Waals surface area (Å²) in [4.78, 5) is 4.39. The third-order valence-electron chi connectivity index (χ3n) is 2.62. The number of hydrogen-bond acceptors (Lipinski definition) is 3. The molecule has 0 spiro atoms. The molecule has 0 bridgehead atoms. The Morgan fingerprint density at radius 3 is 2.87 bits per heavy atom. The molecule has 2 aromatic rings. The molecule has 0 fully saturated rings. The quantitative estimate of drug-likeness (QED) is 0.767. The first kappa shape index (κ1) is 10.1. The molecule has 0 saturated heterocycles. The van der Waals surface area contributed by atoms with Crippen LogP contribution in [0.1, 0.15) is 23.3 Å². The Bertz CT molecular complexity index is 490. The second-order valence-corrected chi connectivity index (χ2v) is 3.70. The summed E-state index contributed by atoms with van der Waals surface area (Å²) in [6.45, 7) is 3.85. The molecule has 4 nitrogen and oxygen atoms in total. The van der Waals surface area contributed by atoms with Crippen LogP contribution < -0.4 is 5.73 Å². The van der Waals surface area contributed by atoms with Crippen molar-refractivity contribution in [1.82, 2.24) is 9.38 Å². The third kappa shape index (κ3) is 1.52. The molecule has 2 rings (SSSR count). The normalized spacial score (nSPS) is 13.3. The maximum absolute atomic E-state index is 9.09. The number of aryl methyl sites for hydroxylation is 2.